The molecule has 0 amide bonds. The second-order valence-electron chi connectivity index (χ2n) is 12.1. The average molecular weight is 559 g/mol. The molecule has 216 valence electrons. The molecule has 1 aliphatic carbocycles. The number of hydrogen-bond donors (Lipinski definition) is 1. The van der Waals surface area contributed by atoms with Crippen LogP contribution in [0.4, 0.5) is 4.39 Å². The van der Waals surface area contributed by atoms with Gasteiger partial charge in [-0.15, -0.1) is 0 Å². The van der Waals surface area contributed by atoms with Crippen molar-refractivity contribution in [1.29, 1.82) is 0 Å². The zero-order valence-corrected chi connectivity index (χ0v) is 24.1. The van der Waals surface area contributed by atoms with Crippen LogP contribution >= 0.6 is 0 Å². The number of aromatic nitrogens is 1. The van der Waals surface area contributed by atoms with Crippen LogP contribution in [0.3, 0.4) is 0 Å². The third kappa shape index (κ3) is 5.69. The van der Waals surface area contributed by atoms with Crippen LogP contribution in [0.15, 0.2) is 48.7 Å². The van der Waals surface area contributed by atoms with Gasteiger partial charge < -0.3 is 14.6 Å². The van der Waals surface area contributed by atoms with Crippen molar-refractivity contribution in [2.45, 2.75) is 77.0 Å². The molecule has 3 aromatic rings. The first-order valence-electron chi connectivity index (χ1n) is 14.9. The van der Waals surface area contributed by atoms with E-state index in [1.807, 2.05) is 13.0 Å². The first-order valence-corrected chi connectivity index (χ1v) is 14.9. The normalized spacial score (nSPS) is 22.0. The van der Waals surface area contributed by atoms with E-state index in [-0.39, 0.29) is 17.8 Å². The van der Waals surface area contributed by atoms with E-state index in [1.165, 1.54) is 19.0 Å². The van der Waals surface area contributed by atoms with Crippen LogP contribution in [0.1, 0.15) is 80.2 Å². The number of fused-ring (bicyclic) bond motifs is 1. The Morgan fingerprint density at radius 3 is 2.68 bits per heavy atom. The Morgan fingerprint density at radius 2 is 1.98 bits per heavy atom. The summed E-state index contributed by atoms with van der Waals surface area (Å²) < 4.78 is 27.0. The van der Waals surface area contributed by atoms with Crippen molar-refractivity contribution in [3.8, 4) is 22.8 Å². The van der Waals surface area contributed by atoms with Crippen molar-refractivity contribution >= 4 is 5.97 Å². The molecule has 6 nitrogen and oxygen atoms in total. The van der Waals surface area contributed by atoms with E-state index >= 15 is 4.39 Å². The molecule has 0 spiro atoms. The highest BCUT2D eigenvalue weighted by Crippen LogP contribution is 2.48. The fourth-order valence-corrected chi connectivity index (χ4v) is 6.80. The number of aryl methyl sites for hydroxylation is 1. The van der Waals surface area contributed by atoms with Crippen LogP contribution in [0.25, 0.3) is 11.1 Å². The van der Waals surface area contributed by atoms with Gasteiger partial charge in [-0.2, -0.15) is 0 Å². The summed E-state index contributed by atoms with van der Waals surface area (Å²) in [6, 6.07) is 14.7. The zero-order chi connectivity index (χ0) is 28.7. The molecular weight excluding hydrogens is 519 g/mol. The van der Waals surface area contributed by atoms with E-state index in [0.29, 0.717) is 23.4 Å². The van der Waals surface area contributed by atoms with E-state index in [9.17, 15) is 9.90 Å². The summed E-state index contributed by atoms with van der Waals surface area (Å²) in [5.74, 6) is 0.111. The zero-order valence-electron chi connectivity index (χ0n) is 24.1. The standard InChI is InChI=1S/C34H39FN2O4/c1-20-5-4-14-37(20)19-26-15-24(10-12-27(26)28-17-32(40-3)36-18-29(28)35)30-13-11-22-6-9-25(16-31(22)41-30)33(23-7-8-23)21(2)34(38)39/h6,9-10,12,15-18,20-21,23,30,33H,4-5,7-8,11,13-14,19H2,1-3H3,(H,38,39)/t20-,21+,30-,33+/m1/s1. The molecule has 4 atom stereocenters. The minimum atomic E-state index is -0.749. The van der Waals surface area contributed by atoms with Gasteiger partial charge in [-0.05, 0) is 97.7 Å². The van der Waals surface area contributed by atoms with Gasteiger partial charge in [0.25, 0.3) is 0 Å². The van der Waals surface area contributed by atoms with Gasteiger partial charge in [0, 0.05) is 24.2 Å². The summed E-state index contributed by atoms with van der Waals surface area (Å²) in [4.78, 5) is 18.4. The van der Waals surface area contributed by atoms with Crippen molar-refractivity contribution in [2.75, 3.05) is 13.7 Å². The number of carboxylic acid groups (broad SMARTS) is 1. The van der Waals surface area contributed by atoms with Crippen molar-refractivity contribution in [3.05, 3.63) is 76.7 Å². The Hall–Kier alpha value is -3.45. The van der Waals surface area contributed by atoms with Gasteiger partial charge in [0.05, 0.1) is 19.2 Å². The van der Waals surface area contributed by atoms with Crippen LogP contribution in [-0.4, -0.2) is 40.7 Å². The summed E-state index contributed by atoms with van der Waals surface area (Å²) in [6.45, 7) is 5.84. The highest BCUT2D eigenvalue weighted by Gasteiger charge is 2.39. The largest absolute Gasteiger partial charge is 0.485 e. The molecule has 1 aromatic heterocycles. The Labute approximate surface area is 241 Å². The fraction of sp³-hybridized carbons (Fsp3) is 0.471. The van der Waals surface area contributed by atoms with E-state index in [2.05, 4.69) is 47.1 Å². The summed E-state index contributed by atoms with van der Waals surface area (Å²) in [5, 5.41) is 9.75. The van der Waals surface area contributed by atoms with Gasteiger partial charge in [-0.3, -0.25) is 9.69 Å². The number of rotatable bonds is 9. The maximum atomic E-state index is 15.1. The molecule has 2 aliphatic heterocycles. The maximum Gasteiger partial charge on any atom is 0.306 e. The Balaban J connectivity index is 1.32. The van der Waals surface area contributed by atoms with Crippen molar-refractivity contribution < 1.29 is 23.8 Å². The van der Waals surface area contributed by atoms with E-state index in [0.717, 1.165) is 72.3 Å². The van der Waals surface area contributed by atoms with E-state index in [4.69, 9.17) is 9.47 Å². The fourth-order valence-electron chi connectivity index (χ4n) is 6.80. The Bertz CT molecular complexity index is 1440. The average Bonchev–Trinajstić information content (AvgIpc) is 3.73. The lowest BCUT2D eigenvalue weighted by Crippen LogP contribution is -2.26. The number of ether oxygens (including phenoxy) is 2. The molecule has 6 rings (SSSR count). The van der Waals surface area contributed by atoms with E-state index in [1.54, 1.807) is 13.2 Å². The molecule has 2 fully saturated rings. The predicted octanol–water partition coefficient (Wildman–Crippen LogP) is 7.16. The van der Waals surface area contributed by atoms with Crippen molar-refractivity contribution in [3.63, 3.8) is 0 Å². The van der Waals surface area contributed by atoms with Crippen LogP contribution < -0.4 is 9.47 Å². The summed E-state index contributed by atoms with van der Waals surface area (Å²) >= 11 is 0. The molecule has 0 unspecified atom stereocenters. The molecule has 1 N–H and O–H groups in total. The molecule has 7 heteroatoms. The molecule has 0 radical (unpaired) electrons. The number of halogens is 1. The van der Waals surface area contributed by atoms with Gasteiger partial charge >= 0.3 is 5.97 Å². The molecular formula is C34H39FN2O4. The Morgan fingerprint density at radius 1 is 1.15 bits per heavy atom. The number of carboxylic acids is 1. The molecule has 0 bridgehead atoms. The van der Waals surface area contributed by atoms with Crippen LogP contribution in [0, 0.1) is 17.7 Å². The van der Waals surface area contributed by atoms with Crippen molar-refractivity contribution in [1.82, 2.24) is 9.88 Å². The highest BCUT2D eigenvalue weighted by atomic mass is 19.1. The molecule has 1 saturated carbocycles. The topological polar surface area (TPSA) is 71.9 Å². The summed E-state index contributed by atoms with van der Waals surface area (Å²) in [5.41, 5.74) is 5.70. The van der Waals surface area contributed by atoms with Gasteiger partial charge in [0.1, 0.15) is 17.7 Å². The van der Waals surface area contributed by atoms with Crippen molar-refractivity contribution in [2.24, 2.45) is 11.8 Å². The van der Waals surface area contributed by atoms with Crippen LogP contribution in [-0.2, 0) is 17.8 Å². The first kappa shape index (κ1) is 27.7. The third-order valence-corrected chi connectivity index (χ3v) is 9.37. The van der Waals surface area contributed by atoms with E-state index < -0.39 is 11.9 Å². The minimum Gasteiger partial charge on any atom is -0.485 e. The van der Waals surface area contributed by atoms with Gasteiger partial charge in [0.2, 0.25) is 5.88 Å². The molecule has 1 saturated heterocycles. The first-order chi connectivity index (χ1) is 19.8. The number of nitrogens with zero attached hydrogens (tertiary/aromatic N) is 2. The quantitative estimate of drug-likeness (QED) is 0.300. The second kappa shape index (κ2) is 11.4. The number of likely N-dealkylation sites (tertiary alicyclic amines) is 1. The number of pyridine rings is 1. The number of carbonyl (C=O) groups is 1. The number of benzene rings is 2. The highest BCUT2D eigenvalue weighted by molar-refractivity contribution is 5.71. The smallest absolute Gasteiger partial charge is 0.306 e. The molecule has 41 heavy (non-hydrogen) atoms. The molecule has 2 aromatic carbocycles. The van der Waals surface area contributed by atoms with Gasteiger partial charge in [-0.1, -0.05) is 37.3 Å². The summed E-state index contributed by atoms with van der Waals surface area (Å²) in [6.07, 6.45) is 7.33. The minimum absolute atomic E-state index is 0.00219. The molecule has 3 aliphatic rings. The lowest BCUT2D eigenvalue weighted by Gasteiger charge is -2.30. The SMILES string of the molecule is COc1cc(-c2ccc([C@H]3CCc4ccc([C@H](C5CC5)[C@H](C)C(=O)O)cc4O3)cc2CN2CCC[C@H]2C)c(F)cn1. The predicted molar refractivity (Wildman–Crippen MR) is 156 cm³/mol. The van der Waals surface area contributed by atoms with Crippen LogP contribution in [0.2, 0.25) is 0 Å². The third-order valence-electron chi connectivity index (χ3n) is 9.37. The molecule has 3 heterocycles. The second-order valence-corrected chi connectivity index (χ2v) is 12.1. The van der Waals surface area contributed by atoms with Gasteiger partial charge in [0.15, 0.2) is 0 Å². The lowest BCUT2D eigenvalue weighted by atomic mass is 9.82. The lowest BCUT2D eigenvalue weighted by molar-refractivity contribution is -0.142. The van der Waals surface area contributed by atoms with Gasteiger partial charge in [-0.25, -0.2) is 9.37 Å². The number of methoxy groups -OCH3 is 1. The monoisotopic (exact) mass is 558 g/mol. The number of hydrogen-bond acceptors (Lipinski definition) is 5. The number of aliphatic carboxylic acids is 1. The Kier molecular flexibility index (Phi) is 7.73. The van der Waals surface area contributed by atoms with Crippen LogP contribution in [0.5, 0.6) is 11.6 Å². The maximum absolute atomic E-state index is 15.1. The summed E-state index contributed by atoms with van der Waals surface area (Å²) in [7, 11) is 1.54.